The van der Waals surface area contributed by atoms with Crippen LogP contribution in [0.2, 0.25) is 0 Å². The van der Waals surface area contributed by atoms with Crippen LogP contribution in [0.4, 0.5) is 4.39 Å². The molecule has 5 heteroatoms. The normalized spacial score (nSPS) is 10.3. The molecule has 0 atom stereocenters. The smallest absolute Gasteiger partial charge is 0.275 e. The van der Waals surface area contributed by atoms with E-state index in [1.165, 1.54) is 18.4 Å². The molecule has 0 fully saturated rings. The molecule has 0 aliphatic heterocycles. The molecule has 0 bridgehead atoms. The van der Waals surface area contributed by atoms with Gasteiger partial charge in [-0.1, -0.05) is 23.4 Å². The number of carbonyl (C=O) groups is 1. The fourth-order valence-electron chi connectivity index (χ4n) is 1.25. The maximum atomic E-state index is 13.4. The molecule has 76 valence electrons. The van der Waals surface area contributed by atoms with E-state index in [-0.39, 0.29) is 16.8 Å². The Bertz CT molecular complexity index is 510. The lowest BCUT2D eigenvalue weighted by Gasteiger charge is -1.98. The van der Waals surface area contributed by atoms with E-state index in [2.05, 4.69) is 9.68 Å². The van der Waals surface area contributed by atoms with Crippen molar-refractivity contribution in [2.75, 3.05) is 0 Å². The highest BCUT2D eigenvalue weighted by Crippen LogP contribution is 2.26. The SMILES string of the molecule is O=C(Cl)c1nocc1-c1ccccc1F. The Hall–Kier alpha value is -1.68. The third kappa shape index (κ3) is 1.76. The molecular formula is C10H5ClFNO2. The van der Waals surface area contributed by atoms with Crippen molar-refractivity contribution in [3.63, 3.8) is 0 Å². The topological polar surface area (TPSA) is 43.1 Å². The lowest BCUT2D eigenvalue weighted by atomic mass is 10.1. The first-order valence-corrected chi connectivity index (χ1v) is 4.47. The first-order chi connectivity index (χ1) is 7.20. The van der Waals surface area contributed by atoms with Crippen molar-refractivity contribution in [3.05, 3.63) is 42.0 Å². The molecule has 0 unspecified atom stereocenters. The van der Waals surface area contributed by atoms with Crippen LogP contribution in [0, 0.1) is 5.82 Å². The summed E-state index contributed by atoms with van der Waals surface area (Å²) in [7, 11) is 0. The predicted molar refractivity (Wildman–Crippen MR) is 52.1 cm³/mol. The molecule has 2 aromatic rings. The van der Waals surface area contributed by atoms with Crippen molar-refractivity contribution in [3.8, 4) is 11.1 Å². The number of rotatable bonds is 2. The minimum Gasteiger partial charge on any atom is -0.363 e. The molecule has 0 aliphatic carbocycles. The molecule has 3 nitrogen and oxygen atoms in total. The van der Waals surface area contributed by atoms with Crippen molar-refractivity contribution in [2.24, 2.45) is 0 Å². The van der Waals surface area contributed by atoms with Gasteiger partial charge in [0.1, 0.15) is 12.1 Å². The van der Waals surface area contributed by atoms with Crippen molar-refractivity contribution in [1.82, 2.24) is 5.16 Å². The van der Waals surface area contributed by atoms with Crippen LogP contribution in [0.15, 0.2) is 35.1 Å². The van der Waals surface area contributed by atoms with Crippen molar-refractivity contribution < 1.29 is 13.7 Å². The van der Waals surface area contributed by atoms with Crippen LogP contribution < -0.4 is 0 Å². The molecule has 0 radical (unpaired) electrons. The predicted octanol–water partition coefficient (Wildman–Crippen LogP) is 2.86. The summed E-state index contributed by atoms with van der Waals surface area (Å²) in [5.41, 5.74) is 0.414. The quantitative estimate of drug-likeness (QED) is 0.738. The van der Waals surface area contributed by atoms with E-state index in [4.69, 9.17) is 11.6 Å². The molecule has 0 saturated carbocycles. The Morgan fingerprint density at radius 1 is 1.33 bits per heavy atom. The second-order valence-corrected chi connectivity index (χ2v) is 3.17. The molecule has 0 saturated heterocycles. The highest BCUT2D eigenvalue weighted by molar-refractivity contribution is 6.68. The molecule has 0 aliphatic rings. The zero-order valence-electron chi connectivity index (χ0n) is 7.41. The summed E-state index contributed by atoms with van der Waals surface area (Å²) >= 11 is 5.27. The van der Waals surface area contributed by atoms with Gasteiger partial charge in [-0.2, -0.15) is 0 Å². The summed E-state index contributed by atoms with van der Waals surface area (Å²) in [6, 6.07) is 6.00. The van der Waals surface area contributed by atoms with Crippen LogP contribution in [0.3, 0.4) is 0 Å². The standard InChI is InChI=1S/C10H5ClFNO2/c11-10(14)9-7(5-15-13-9)6-3-1-2-4-8(6)12/h1-5H. The Kier molecular flexibility index (Phi) is 2.51. The Balaban J connectivity index is 2.59. The lowest BCUT2D eigenvalue weighted by Crippen LogP contribution is -1.93. The van der Waals surface area contributed by atoms with Gasteiger partial charge in [-0.05, 0) is 17.7 Å². The maximum Gasteiger partial charge on any atom is 0.275 e. The highest BCUT2D eigenvalue weighted by atomic mass is 35.5. The average Bonchev–Trinajstić information content (AvgIpc) is 2.67. The van der Waals surface area contributed by atoms with Gasteiger partial charge in [-0.15, -0.1) is 0 Å². The second-order valence-electron chi connectivity index (χ2n) is 2.83. The molecule has 2 rings (SSSR count). The number of aromatic nitrogens is 1. The summed E-state index contributed by atoms with van der Waals surface area (Å²) < 4.78 is 18.0. The molecule has 1 heterocycles. The lowest BCUT2D eigenvalue weighted by molar-refractivity contribution is 0.107. The summed E-state index contributed by atoms with van der Waals surface area (Å²) in [5.74, 6) is -0.458. The number of halogens is 2. The van der Waals surface area contributed by atoms with Gasteiger partial charge in [-0.3, -0.25) is 4.79 Å². The van der Waals surface area contributed by atoms with E-state index in [9.17, 15) is 9.18 Å². The van der Waals surface area contributed by atoms with E-state index in [1.54, 1.807) is 12.1 Å². The molecule has 0 N–H and O–H groups in total. The van der Waals surface area contributed by atoms with Gasteiger partial charge in [0.2, 0.25) is 0 Å². The summed E-state index contributed by atoms with van der Waals surface area (Å²) in [5, 5.41) is 2.63. The van der Waals surface area contributed by atoms with E-state index in [1.807, 2.05) is 0 Å². The third-order valence-electron chi connectivity index (χ3n) is 1.92. The van der Waals surface area contributed by atoms with Gasteiger partial charge >= 0.3 is 0 Å². The molecular weight excluding hydrogens is 221 g/mol. The van der Waals surface area contributed by atoms with Crippen molar-refractivity contribution in [1.29, 1.82) is 0 Å². The summed E-state index contributed by atoms with van der Waals surface area (Å²) in [4.78, 5) is 10.9. The first-order valence-electron chi connectivity index (χ1n) is 4.09. The van der Waals surface area contributed by atoms with Gasteiger partial charge in [0.25, 0.3) is 5.24 Å². The van der Waals surface area contributed by atoms with Crippen molar-refractivity contribution >= 4 is 16.8 Å². The van der Waals surface area contributed by atoms with E-state index < -0.39 is 11.1 Å². The minimum atomic E-state index is -0.776. The number of nitrogens with zero attached hydrogens (tertiary/aromatic N) is 1. The van der Waals surface area contributed by atoms with Crippen LogP contribution in [0.1, 0.15) is 10.5 Å². The van der Waals surface area contributed by atoms with E-state index >= 15 is 0 Å². The molecule has 15 heavy (non-hydrogen) atoms. The summed E-state index contributed by atoms with van der Waals surface area (Å²) in [6.45, 7) is 0. The van der Waals surface area contributed by atoms with Crippen LogP contribution in [-0.2, 0) is 0 Å². The van der Waals surface area contributed by atoms with Gasteiger partial charge in [-0.25, -0.2) is 4.39 Å². The Morgan fingerprint density at radius 2 is 2.07 bits per heavy atom. The zero-order chi connectivity index (χ0) is 10.8. The van der Waals surface area contributed by atoms with Gasteiger partial charge in [0, 0.05) is 5.56 Å². The van der Waals surface area contributed by atoms with Gasteiger partial charge in [0.05, 0.1) is 5.56 Å². The Labute approximate surface area is 89.4 Å². The number of hydrogen-bond donors (Lipinski definition) is 0. The van der Waals surface area contributed by atoms with Gasteiger partial charge < -0.3 is 4.52 Å². The number of hydrogen-bond acceptors (Lipinski definition) is 3. The monoisotopic (exact) mass is 225 g/mol. The number of benzene rings is 1. The van der Waals surface area contributed by atoms with E-state index in [0.29, 0.717) is 0 Å². The highest BCUT2D eigenvalue weighted by Gasteiger charge is 2.17. The molecule has 1 aromatic heterocycles. The maximum absolute atomic E-state index is 13.4. The van der Waals surface area contributed by atoms with Crippen molar-refractivity contribution in [2.45, 2.75) is 0 Å². The molecule has 0 spiro atoms. The minimum absolute atomic E-state index is 0.0817. The summed E-state index contributed by atoms with van der Waals surface area (Å²) in [6.07, 6.45) is 1.19. The van der Waals surface area contributed by atoms with E-state index in [0.717, 1.165) is 0 Å². The largest absolute Gasteiger partial charge is 0.363 e. The fraction of sp³-hybridized carbons (Fsp3) is 0. The third-order valence-corrected chi connectivity index (χ3v) is 2.10. The molecule has 1 aromatic carbocycles. The van der Waals surface area contributed by atoms with Crippen LogP contribution in [0.25, 0.3) is 11.1 Å². The molecule has 0 amide bonds. The first kappa shape index (κ1) is 9.86. The van der Waals surface area contributed by atoms with Crippen LogP contribution in [0.5, 0.6) is 0 Å². The fourth-order valence-corrected chi connectivity index (χ4v) is 1.39. The van der Waals surface area contributed by atoms with Gasteiger partial charge in [0.15, 0.2) is 5.69 Å². The second kappa shape index (κ2) is 3.82. The average molecular weight is 226 g/mol. The van der Waals surface area contributed by atoms with Crippen LogP contribution >= 0.6 is 11.6 Å². The Morgan fingerprint density at radius 3 is 2.73 bits per heavy atom. The van der Waals surface area contributed by atoms with Crippen LogP contribution in [-0.4, -0.2) is 10.4 Å². The zero-order valence-corrected chi connectivity index (χ0v) is 8.16. The number of carbonyl (C=O) groups excluding carboxylic acids is 1.